The topological polar surface area (TPSA) is 142 Å². The number of piperazine rings is 1. The number of carboxylic acids is 2. The second-order valence-corrected chi connectivity index (χ2v) is 4.10. The molecule has 0 atom stereocenters. The minimum absolute atomic E-state index is 0.0628. The Kier molecular flexibility index (Phi) is 16.4. The van der Waals surface area contributed by atoms with E-state index in [1.807, 2.05) is 0 Å². The smallest absolute Gasteiger partial charge is 0.303 e. The van der Waals surface area contributed by atoms with Gasteiger partial charge in [0.2, 0.25) is 5.91 Å². The zero-order chi connectivity index (χ0) is 16.5. The molecule has 1 fully saturated rings. The zero-order valence-corrected chi connectivity index (χ0v) is 12.1. The Labute approximate surface area is 124 Å². The maximum Gasteiger partial charge on any atom is 0.303 e. The van der Waals surface area contributed by atoms with Gasteiger partial charge in [-0.05, 0) is 18.9 Å². The van der Waals surface area contributed by atoms with E-state index < -0.39 is 17.8 Å². The number of nitrogens with one attached hydrogen (secondary N) is 2. The maximum atomic E-state index is 9.90. The van der Waals surface area contributed by atoms with Crippen molar-refractivity contribution in [3.8, 4) is 0 Å². The lowest BCUT2D eigenvalue weighted by atomic mass is 10.2. The quantitative estimate of drug-likeness (QED) is 0.330. The predicted molar refractivity (Wildman–Crippen MR) is 78.9 cm³/mol. The Balaban J connectivity index is 0. The summed E-state index contributed by atoms with van der Waals surface area (Å²) in [5.41, 5.74) is 4.53. The van der Waals surface area contributed by atoms with Gasteiger partial charge in [0.25, 0.3) is 0 Å². The summed E-state index contributed by atoms with van der Waals surface area (Å²) < 4.78 is 0. The first-order valence-corrected chi connectivity index (χ1v) is 6.67. The minimum atomic E-state index is -0.870. The highest BCUT2D eigenvalue weighted by molar-refractivity contribution is 5.84. The largest absolute Gasteiger partial charge is 0.481 e. The highest BCUT2D eigenvalue weighted by Crippen LogP contribution is 1.98. The van der Waals surface area contributed by atoms with Gasteiger partial charge in [-0.3, -0.25) is 14.4 Å². The number of carbonyl (C=O) groups excluding carboxylic acids is 1. The first-order chi connectivity index (χ1) is 9.90. The number of unbranched alkanes of at least 4 members (excludes halogenated alkanes) is 1. The number of amides is 1. The summed E-state index contributed by atoms with van der Waals surface area (Å²) in [5.74, 6) is -2.22. The lowest BCUT2D eigenvalue weighted by Crippen LogP contribution is -2.39. The van der Waals surface area contributed by atoms with Gasteiger partial charge in [-0.25, -0.2) is 0 Å². The molecule has 0 aromatic rings. The van der Waals surface area contributed by atoms with Crippen LogP contribution in [0.2, 0.25) is 0 Å². The molecular weight excluding hydrogens is 278 g/mol. The van der Waals surface area contributed by atoms with Crippen LogP contribution in [0, 0.1) is 0 Å². The van der Waals surface area contributed by atoms with Crippen molar-refractivity contribution in [2.75, 3.05) is 26.2 Å². The van der Waals surface area contributed by atoms with Crippen LogP contribution in [0.4, 0.5) is 0 Å². The van der Waals surface area contributed by atoms with Crippen molar-refractivity contribution in [3.63, 3.8) is 0 Å². The van der Waals surface area contributed by atoms with Gasteiger partial charge in [0.1, 0.15) is 0 Å². The highest BCUT2D eigenvalue weighted by Gasteiger charge is 1.99. The van der Waals surface area contributed by atoms with E-state index in [1.165, 1.54) is 0 Å². The van der Waals surface area contributed by atoms with Crippen LogP contribution in [0.3, 0.4) is 0 Å². The zero-order valence-electron chi connectivity index (χ0n) is 12.1. The van der Waals surface area contributed by atoms with E-state index in [1.54, 1.807) is 0 Å². The number of carboxylic acid groups (broad SMARTS) is 2. The van der Waals surface area contributed by atoms with Crippen LogP contribution in [0.5, 0.6) is 0 Å². The third-order valence-electron chi connectivity index (χ3n) is 2.19. The number of carbonyl (C=O) groups is 3. The Morgan fingerprint density at radius 1 is 0.952 bits per heavy atom. The van der Waals surface area contributed by atoms with Crippen LogP contribution in [-0.4, -0.2) is 54.2 Å². The van der Waals surface area contributed by atoms with Crippen LogP contribution in [0.15, 0.2) is 12.7 Å². The lowest BCUT2D eigenvalue weighted by molar-refractivity contribution is -0.139. The molecule has 6 N–H and O–H groups in total. The number of hydrogen-bond donors (Lipinski definition) is 5. The number of rotatable bonds is 6. The van der Waals surface area contributed by atoms with Crippen molar-refractivity contribution in [1.82, 2.24) is 10.6 Å². The number of primary amides is 1. The lowest BCUT2D eigenvalue weighted by Gasteiger charge is -2.11. The van der Waals surface area contributed by atoms with Crippen molar-refractivity contribution >= 4 is 17.8 Å². The third-order valence-corrected chi connectivity index (χ3v) is 2.19. The molecule has 0 aliphatic carbocycles. The average Bonchev–Trinajstić information content (AvgIpc) is 2.46. The SMILES string of the molecule is C1CNCCN1.C=CC(N)=O.O=C(O)CCCCC(=O)O. The number of hydrogen-bond acceptors (Lipinski definition) is 5. The van der Waals surface area contributed by atoms with Gasteiger partial charge in [0, 0.05) is 39.0 Å². The molecule has 8 heteroatoms. The predicted octanol–water partition coefficient (Wildman–Crippen LogP) is -0.447. The van der Waals surface area contributed by atoms with Gasteiger partial charge in [-0.15, -0.1) is 0 Å². The third kappa shape index (κ3) is 27.3. The summed E-state index contributed by atoms with van der Waals surface area (Å²) in [7, 11) is 0. The Bertz CT molecular complexity index is 289. The molecule has 1 rings (SSSR count). The average molecular weight is 303 g/mol. The first kappa shape index (κ1) is 21.4. The van der Waals surface area contributed by atoms with E-state index in [9.17, 15) is 14.4 Å². The van der Waals surface area contributed by atoms with Crippen LogP contribution in [-0.2, 0) is 14.4 Å². The molecule has 0 aromatic carbocycles. The molecule has 1 amide bonds. The molecular formula is C13H25N3O5. The van der Waals surface area contributed by atoms with Crippen LogP contribution < -0.4 is 16.4 Å². The monoisotopic (exact) mass is 303 g/mol. The molecule has 1 saturated heterocycles. The van der Waals surface area contributed by atoms with Crippen molar-refractivity contribution in [2.24, 2.45) is 5.73 Å². The Hall–Kier alpha value is -1.93. The summed E-state index contributed by atoms with van der Waals surface area (Å²) in [4.78, 5) is 29.3. The van der Waals surface area contributed by atoms with Gasteiger partial charge in [0.15, 0.2) is 0 Å². The normalized spacial score (nSPS) is 12.8. The molecule has 0 aromatic heterocycles. The molecule has 1 heterocycles. The van der Waals surface area contributed by atoms with Gasteiger partial charge in [0.05, 0.1) is 0 Å². The minimum Gasteiger partial charge on any atom is -0.481 e. The van der Waals surface area contributed by atoms with Crippen LogP contribution in [0.25, 0.3) is 0 Å². The molecule has 0 saturated carbocycles. The Morgan fingerprint density at radius 3 is 1.38 bits per heavy atom. The van der Waals surface area contributed by atoms with E-state index in [4.69, 9.17) is 10.2 Å². The molecule has 0 spiro atoms. The number of aliphatic carboxylic acids is 2. The fourth-order valence-corrected chi connectivity index (χ4v) is 1.16. The second kappa shape index (κ2) is 16.1. The maximum absolute atomic E-state index is 9.90. The molecule has 0 bridgehead atoms. The van der Waals surface area contributed by atoms with Crippen molar-refractivity contribution in [3.05, 3.63) is 12.7 Å². The summed E-state index contributed by atoms with van der Waals surface area (Å²) >= 11 is 0. The highest BCUT2D eigenvalue weighted by atomic mass is 16.4. The fourth-order valence-electron chi connectivity index (χ4n) is 1.16. The molecule has 1 aliphatic rings. The number of nitrogens with two attached hydrogens (primary N) is 1. The molecule has 8 nitrogen and oxygen atoms in total. The standard InChI is InChI=1S/C6H10O4.C4H10N2.C3H5NO/c7-5(8)3-1-2-4-6(9)10;1-2-6-4-3-5-1;1-2-3(4)5/h1-4H2,(H,7,8)(H,9,10);5-6H,1-4H2;2H,1H2,(H2,4,5). The summed E-state index contributed by atoms with van der Waals surface area (Å²) in [6, 6.07) is 0. The molecule has 21 heavy (non-hydrogen) atoms. The molecule has 122 valence electrons. The van der Waals surface area contributed by atoms with E-state index in [0.717, 1.165) is 32.3 Å². The van der Waals surface area contributed by atoms with Crippen LogP contribution in [0.1, 0.15) is 25.7 Å². The van der Waals surface area contributed by atoms with Gasteiger partial charge >= 0.3 is 11.9 Å². The molecule has 1 aliphatic heterocycles. The molecule has 0 radical (unpaired) electrons. The van der Waals surface area contributed by atoms with Gasteiger partial charge < -0.3 is 26.6 Å². The van der Waals surface area contributed by atoms with E-state index in [2.05, 4.69) is 22.9 Å². The van der Waals surface area contributed by atoms with E-state index >= 15 is 0 Å². The first-order valence-electron chi connectivity index (χ1n) is 6.67. The van der Waals surface area contributed by atoms with E-state index in [0.29, 0.717) is 12.8 Å². The van der Waals surface area contributed by atoms with Crippen molar-refractivity contribution < 1.29 is 24.6 Å². The van der Waals surface area contributed by atoms with Crippen LogP contribution >= 0.6 is 0 Å². The Morgan fingerprint density at radius 2 is 1.24 bits per heavy atom. The second-order valence-electron chi connectivity index (χ2n) is 4.10. The summed E-state index contributed by atoms with van der Waals surface area (Å²) in [6.07, 6.45) is 2.07. The van der Waals surface area contributed by atoms with E-state index in [-0.39, 0.29) is 12.8 Å². The van der Waals surface area contributed by atoms with Crippen molar-refractivity contribution in [2.45, 2.75) is 25.7 Å². The summed E-state index contributed by atoms with van der Waals surface area (Å²) in [5, 5.41) is 22.7. The summed E-state index contributed by atoms with van der Waals surface area (Å²) in [6.45, 7) is 7.64. The van der Waals surface area contributed by atoms with Gasteiger partial charge in [-0.1, -0.05) is 6.58 Å². The van der Waals surface area contributed by atoms with Crippen molar-refractivity contribution in [1.29, 1.82) is 0 Å². The molecule has 0 unspecified atom stereocenters. The fraction of sp³-hybridized carbons (Fsp3) is 0.615. The van der Waals surface area contributed by atoms with Gasteiger partial charge in [-0.2, -0.15) is 0 Å².